The molecule has 0 aliphatic heterocycles. The highest BCUT2D eigenvalue weighted by atomic mass is 28.3. The van der Waals surface area contributed by atoms with Crippen molar-refractivity contribution in [2.75, 3.05) is 4.90 Å². The Kier molecular flexibility index (Phi) is 7.52. The zero-order chi connectivity index (χ0) is 35.2. The second-order valence-electron chi connectivity index (χ2n) is 13.7. The molecule has 0 atom stereocenters. The van der Waals surface area contributed by atoms with E-state index in [0.717, 1.165) is 39.0 Å². The zero-order valence-corrected chi connectivity index (χ0v) is 30.1. The molecule has 1 heterocycles. The third-order valence-electron chi connectivity index (χ3n) is 10.8. The van der Waals surface area contributed by atoms with Crippen LogP contribution in [-0.4, -0.2) is 8.07 Å². The van der Waals surface area contributed by atoms with E-state index in [1.807, 2.05) is 12.1 Å². The van der Waals surface area contributed by atoms with E-state index in [2.05, 4.69) is 205 Å². The summed E-state index contributed by atoms with van der Waals surface area (Å²) in [6.45, 7) is 0. The maximum atomic E-state index is 6.29. The normalized spacial score (nSPS) is 11.8. The van der Waals surface area contributed by atoms with Gasteiger partial charge in [0.25, 0.3) is 0 Å². The third kappa shape index (κ3) is 5.08. The highest BCUT2D eigenvalue weighted by Crippen LogP contribution is 2.43. The van der Waals surface area contributed by atoms with Gasteiger partial charge in [0, 0.05) is 27.5 Å². The van der Waals surface area contributed by atoms with Gasteiger partial charge in [0.1, 0.15) is 11.2 Å². The van der Waals surface area contributed by atoms with Gasteiger partial charge in [-0.15, -0.1) is 0 Å². The minimum absolute atomic E-state index is 0.887. The molecular formula is C50H35NOSi. The fourth-order valence-electron chi connectivity index (χ4n) is 8.42. The second kappa shape index (κ2) is 12.8. The molecule has 0 bridgehead atoms. The first-order valence-electron chi connectivity index (χ1n) is 18.2. The molecule has 0 spiro atoms. The predicted molar refractivity (Wildman–Crippen MR) is 227 cm³/mol. The van der Waals surface area contributed by atoms with Crippen molar-refractivity contribution in [3.63, 3.8) is 0 Å². The van der Waals surface area contributed by atoms with E-state index in [4.69, 9.17) is 4.42 Å². The van der Waals surface area contributed by atoms with E-state index in [1.165, 1.54) is 42.3 Å². The van der Waals surface area contributed by atoms with Crippen LogP contribution < -0.4 is 25.6 Å². The number of nitrogens with zero attached hydrogens (tertiary/aromatic N) is 1. The molecule has 53 heavy (non-hydrogen) atoms. The highest BCUT2D eigenvalue weighted by molar-refractivity contribution is 7.19. The Morgan fingerprint density at radius 2 is 0.792 bits per heavy atom. The first-order chi connectivity index (χ1) is 26.3. The number of benzene rings is 9. The van der Waals surface area contributed by atoms with E-state index < -0.39 is 8.07 Å². The first kappa shape index (κ1) is 31.1. The summed E-state index contributed by atoms with van der Waals surface area (Å²) in [5.74, 6) is 0. The van der Waals surface area contributed by atoms with Crippen LogP contribution in [0.3, 0.4) is 0 Å². The predicted octanol–water partition coefficient (Wildman–Crippen LogP) is 10.7. The molecule has 0 unspecified atom stereocenters. The lowest BCUT2D eigenvalue weighted by atomic mass is 9.99. The lowest BCUT2D eigenvalue weighted by Gasteiger charge is -2.35. The molecule has 10 rings (SSSR count). The summed E-state index contributed by atoms with van der Waals surface area (Å²) in [4.78, 5) is 2.43. The van der Waals surface area contributed by atoms with Gasteiger partial charge in [0.2, 0.25) is 0 Å². The number of hydrogen-bond acceptors (Lipinski definition) is 2. The van der Waals surface area contributed by atoms with Crippen LogP contribution in [0, 0.1) is 0 Å². The van der Waals surface area contributed by atoms with E-state index in [9.17, 15) is 0 Å². The first-order valence-corrected chi connectivity index (χ1v) is 20.2. The van der Waals surface area contributed by atoms with Crippen LogP contribution in [0.4, 0.5) is 17.1 Å². The van der Waals surface area contributed by atoms with Crippen molar-refractivity contribution in [2.45, 2.75) is 0 Å². The molecule has 1 aromatic heterocycles. The van der Waals surface area contributed by atoms with Gasteiger partial charge in [-0.3, -0.25) is 0 Å². The van der Waals surface area contributed by atoms with Crippen molar-refractivity contribution < 1.29 is 4.42 Å². The topological polar surface area (TPSA) is 16.4 Å². The number of hydrogen-bond donors (Lipinski definition) is 0. The van der Waals surface area contributed by atoms with Crippen LogP contribution in [0.15, 0.2) is 217 Å². The number of fused-ring (bicyclic) bond motifs is 6. The van der Waals surface area contributed by atoms with E-state index >= 15 is 0 Å². The van der Waals surface area contributed by atoms with Crippen LogP contribution in [0.25, 0.3) is 43.5 Å². The van der Waals surface area contributed by atoms with Gasteiger partial charge in [-0.25, -0.2) is 0 Å². The van der Waals surface area contributed by atoms with E-state index in [-0.39, 0.29) is 0 Å². The molecule has 0 aliphatic carbocycles. The summed E-state index contributed by atoms with van der Waals surface area (Å²) >= 11 is 0. The molecule has 250 valence electrons. The van der Waals surface area contributed by atoms with Gasteiger partial charge in [-0.1, -0.05) is 170 Å². The molecule has 0 radical (unpaired) electrons. The summed E-state index contributed by atoms with van der Waals surface area (Å²) in [6, 6.07) is 77.5. The van der Waals surface area contributed by atoms with Crippen LogP contribution in [-0.2, 0) is 0 Å². The standard InChI is InChI=1S/C50H35NOSi/c1-4-17-39(18-5-1)53(40-19-6-2-7-20-40,41-21-8-3-9-22-41)42-31-28-37(29-32-42)51(38-30-33-50-47(35-38)46-26-14-15-27-49(46)52-50)48-34-36-16-10-11-23-43(36)44-24-12-13-25-45(44)48/h1-35H. The maximum Gasteiger partial charge on any atom is 0.179 e. The molecule has 0 saturated carbocycles. The Morgan fingerprint density at radius 3 is 1.43 bits per heavy atom. The molecule has 3 heteroatoms. The maximum absolute atomic E-state index is 6.29. The quantitative estimate of drug-likeness (QED) is 0.0939. The fraction of sp³-hybridized carbons (Fsp3) is 0. The Hall–Kier alpha value is -6.68. The second-order valence-corrected chi connectivity index (χ2v) is 17.5. The lowest BCUT2D eigenvalue weighted by molar-refractivity contribution is 0.669. The molecule has 9 aromatic carbocycles. The van der Waals surface area contributed by atoms with Crippen molar-refractivity contribution >= 4 is 89.4 Å². The monoisotopic (exact) mass is 693 g/mol. The van der Waals surface area contributed by atoms with Gasteiger partial charge in [0.05, 0.1) is 5.69 Å². The SMILES string of the molecule is c1ccc([Si](c2ccccc2)(c2ccccc2)c2ccc(N(c3ccc4oc5ccccc5c4c3)c3cc4ccccc4c4ccccc34)cc2)cc1. The Labute approximate surface area is 309 Å². The van der Waals surface area contributed by atoms with Gasteiger partial charge in [-0.2, -0.15) is 0 Å². The Balaban J connectivity index is 1.23. The van der Waals surface area contributed by atoms with Crippen molar-refractivity contribution in [1.29, 1.82) is 0 Å². The number of rotatable bonds is 7. The Bertz CT molecular complexity index is 2790. The minimum Gasteiger partial charge on any atom is -0.456 e. The fourth-order valence-corrected chi connectivity index (χ4v) is 13.2. The molecule has 2 nitrogen and oxygen atoms in total. The summed E-state index contributed by atoms with van der Waals surface area (Å²) < 4.78 is 6.29. The van der Waals surface area contributed by atoms with Crippen molar-refractivity contribution in [2.24, 2.45) is 0 Å². The lowest BCUT2D eigenvalue weighted by Crippen LogP contribution is -2.74. The molecular weight excluding hydrogens is 659 g/mol. The van der Waals surface area contributed by atoms with Crippen molar-refractivity contribution in [1.82, 2.24) is 0 Å². The van der Waals surface area contributed by atoms with Crippen LogP contribution in [0.5, 0.6) is 0 Å². The summed E-state index contributed by atoms with van der Waals surface area (Å²) in [5, 5.41) is 12.5. The molecule has 0 N–H and O–H groups in total. The smallest absolute Gasteiger partial charge is 0.179 e. The Morgan fingerprint density at radius 1 is 0.321 bits per heavy atom. The van der Waals surface area contributed by atoms with Crippen LogP contribution >= 0.6 is 0 Å². The van der Waals surface area contributed by atoms with Gasteiger partial charge in [-0.05, 0) is 79.4 Å². The summed E-state index contributed by atoms with van der Waals surface area (Å²) in [5.41, 5.74) is 5.10. The average Bonchev–Trinajstić information content (AvgIpc) is 3.61. The summed E-state index contributed by atoms with van der Waals surface area (Å²) in [6.07, 6.45) is 0. The molecule has 0 amide bonds. The molecule has 0 aliphatic rings. The van der Waals surface area contributed by atoms with E-state index in [1.54, 1.807) is 0 Å². The van der Waals surface area contributed by atoms with Crippen LogP contribution in [0.1, 0.15) is 0 Å². The average molecular weight is 694 g/mol. The highest BCUT2D eigenvalue weighted by Gasteiger charge is 2.41. The van der Waals surface area contributed by atoms with Gasteiger partial charge >= 0.3 is 0 Å². The van der Waals surface area contributed by atoms with Crippen molar-refractivity contribution in [3.05, 3.63) is 212 Å². The van der Waals surface area contributed by atoms with Crippen LogP contribution in [0.2, 0.25) is 0 Å². The molecule has 0 fully saturated rings. The van der Waals surface area contributed by atoms with Crippen molar-refractivity contribution in [3.8, 4) is 0 Å². The largest absolute Gasteiger partial charge is 0.456 e. The van der Waals surface area contributed by atoms with Gasteiger partial charge < -0.3 is 9.32 Å². The number of para-hydroxylation sites is 1. The summed E-state index contributed by atoms with van der Waals surface area (Å²) in [7, 11) is -2.68. The third-order valence-corrected chi connectivity index (χ3v) is 15.6. The molecule has 10 aromatic rings. The number of anilines is 3. The number of furan rings is 1. The van der Waals surface area contributed by atoms with E-state index in [0.29, 0.717) is 0 Å². The zero-order valence-electron chi connectivity index (χ0n) is 29.1. The minimum atomic E-state index is -2.68. The van der Waals surface area contributed by atoms with Gasteiger partial charge in [0.15, 0.2) is 8.07 Å². The molecule has 0 saturated heterocycles.